The van der Waals surface area contributed by atoms with Crippen LogP contribution < -0.4 is 0 Å². The largest absolute Gasteiger partial charge is 0.460 e. The third-order valence-electron chi connectivity index (χ3n) is 5.86. The molecule has 0 aromatic carbocycles. The molecule has 0 aromatic heterocycles. The summed E-state index contributed by atoms with van der Waals surface area (Å²) < 4.78 is 17.2. The van der Waals surface area contributed by atoms with Crippen LogP contribution in [0.3, 0.4) is 0 Å². The topological polar surface area (TPSA) is 98.2 Å². The average Bonchev–Trinajstić information content (AvgIpc) is 2.50. The molecule has 0 radical (unpaired) electrons. The summed E-state index contributed by atoms with van der Waals surface area (Å²) in [7, 11) is -3.11. The van der Waals surface area contributed by atoms with Gasteiger partial charge in [-0.3, -0.25) is 4.79 Å². The summed E-state index contributed by atoms with van der Waals surface area (Å²) in [6, 6.07) is 0. The lowest BCUT2D eigenvalue weighted by atomic mass is 10.1. The molecule has 162 valence electrons. The number of ketones is 1. The minimum atomic E-state index is -2.19. The summed E-state index contributed by atoms with van der Waals surface area (Å²) in [5.41, 5.74) is 8.42. The number of carbonyl (C=O) groups is 2. The molecule has 9 heteroatoms. The number of hydrogen-bond acceptors (Lipinski definition) is 5. The highest BCUT2D eigenvalue weighted by Crippen LogP contribution is 2.39. The normalized spacial score (nSPS) is 14.2. The van der Waals surface area contributed by atoms with E-state index in [1.807, 2.05) is 0 Å². The first kappa shape index (κ1) is 26.9. The Kier molecular flexibility index (Phi) is 9.20. The summed E-state index contributed by atoms with van der Waals surface area (Å²) in [6.07, 6.45) is -0.653. The molecule has 28 heavy (non-hydrogen) atoms. The first-order valence-electron chi connectivity index (χ1n) is 9.55. The summed E-state index contributed by atoms with van der Waals surface area (Å²) in [5, 5.41) is -0.0379. The fourth-order valence-corrected chi connectivity index (χ4v) is 4.23. The number of ether oxygens (including phenoxy) is 1. The lowest BCUT2D eigenvalue weighted by Crippen LogP contribution is -2.48. The molecule has 0 saturated carbocycles. The molecule has 0 spiro atoms. The Bertz CT molecular complexity index is 627. The van der Waals surface area contributed by atoms with Crippen molar-refractivity contribution in [2.75, 3.05) is 13.7 Å². The van der Waals surface area contributed by atoms with Gasteiger partial charge in [-0.05, 0) is 36.3 Å². The molecule has 0 aromatic rings. The van der Waals surface area contributed by atoms with E-state index in [1.165, 1.54) is 0 Å². The number of methoxy groups -OCH3 is 1. The van der Waals surface area contributed by atoms with E-state index in [4.69, 9.17) is 14.4 Å². The van der Waals surface area contributed by atoms with Crippen molar-refractivity contribution < 1.29 is 28.0 Å². The predicted molar refractivity (Wildman–Crippen MR) is 115 cm³/mol. The Hall–Kier alpha value is -1.13. The van der Waals surface area contributed by atoms with E-state index in [9.17, 15) is 9.59 Å². The second kappa shape index (κ2) is 9.58. The van der Waals surface area contributed by atoms with Gasteiger partial charge >= 0.3 is 11.7 Å². The smallest absolute Gasteiger partial charge is 0.441 e. The maximum atomic E-state index is 12.5. The molecule has 0 rings (SSSR count). The third kappa shape index (κ3) is 7.37. The van der Waals surface area contributed by atoms with E-state index >= 15 is 0 Å². The van der Waals surface area contributed by atoms with Gasteiger partial charge in [-0.15, -0.1) is 0 Å². The van der Waals surface area contributed by atoms with Crippen molar-refractivity contribution in [3.8, 4) is 0 Å². The highest BCUT2D eigenvalue weighted by Gasteiger charge is 2.43. The van der Waals surface area contributed by atoms with Crippen LogP contribution in [-0.2, 0) is 23.2 Å². The van der Waals surface area contributed by atoms with Gasteiger partial charge in [-0.2, -0.15) is 4.79 Å². The molecule has 0 unspecified atom stereocenters. The van der Waals surface area contributed by atoms with Crippen molar-refractivity contribution >= 4 is 34.1 Å². The van der Waals surface area contributed by atoms with Gasteiger partial charge in [0.05, 0.1) is 19.8 Å². The van der Waals surface area contributed by atoms with E-state index in [2.05, 4.69) is 77.3 Å². The predicted octanol–water partition coefficient (Wildman–Crippen LogP) is 4.20. The molecule has 0 aliphatic carbocycles. The van der Waals surface area contributed by atoms with Crippen molar-refractivity contribution in [2.24, 2.45) is 0 Å². The second-order valence-corrected chi connectivity index (χ2v) is 19.7. The number of Topliss-reactive ketones (excluding diaryl/α,β-unsaturated/α-hetero) is 1. The standard InChI is InChI=1S/C19H38N2O5Si2/c1-18(2,3)27(8,9)25-13-14(26-28(10,11)19(4,5)6)12-15(22)16(21-20)17(23)24-7/h14H,12-13H2,1-11H3/t14-/m0/s1. The van der Waals surface area contributed by atoms with Crippen molar-refractivity contribution in [3.63, 3.8) is 0 Å². The van der Waals surface area contributed by atoms with Gasteiger partial charge in [-0.1, -0.05) is 41.5 Å². The maximum absolute atomic E-state index is 12.5. The number of hydrogen-bond donors (Lipinski definition) is 0. The SMILES string of the molecule is COC(=O)C(=[N+]=[N-])C(=O)C[C@@H](CO[Si](C)(C)C(C)(C)C)O[Si](C)(C)C(C)(C)C. The molecule has 0 N–H and O–H groups in total. The van der Waals surface area contributed by atoms with E-state index in [0.717, 1.165) is 7.11 Å². The van der Waals surface area contributed by atoms with Crippen molar-refractivity contribution in [1.82, 2.24) is 0 Å². The number of esters is 1. The zero-order valence-electron chi connectivity index (χ0n) is 19.4. The summed E-state index contributed by atoms with van der Waals surface area (Å²) in [5.74, 6) is -1.60. The van der Waals surface area contributed by atoms with E-state index in [1.54, 1.807) is 0 Å². The van der Waals surface area contributed by atoms with Crippen LogP contribution in [0.5, 0.6) is 0 Å². The highest BCUT2D eigenvalue weighted by molar-refractivity contribution is 6.74. The van der Waals surface area contributed by atoms with Gasteiger partial charge in [0.25, 0.3) is 5.78 Å². The molecule has 0 bridgehead atoms. The summed E-state index contributed by atoms with van der Waals surface area (Å²) >= 11 is 0. The summed E-state index contributed by atoms with van der Waals surface area (Å²) in [4.78, 5) is 27.0. The number of carbonyl (C=O) groups excluding carboxylic acids is 2. The monoisotopic (exact) mass is 430 g/mol. The molecule has 7 nitrogen and oxygen atoms in total. The van der Waals surface area contributed by atoms with Gasteiger partial charge in [0, 0.05) is 6.42 Å². The quantitative estimate of drug-likeness (QED) is 0.136. The zero-order chi connectivity index (χ0) is 22.6. The molecule has 0 heterocycles. The van der Waals surface area contributed by atoms with Crippen LogP contribution in [0.25, 0.3) is 5.53 Å². The first-order chi connectivity index (χ1) is 12.4. The van der Waals surface area contributed by atoms with Gasteiger partial charge in [0.2, 0.25) is 0 Å². The minimum absolute atomic E-state index is 0.0161. The summed E-state index contributed by atoms with van der Waals surface area (Å²) in [6.45, 7) is 21.5. The molecule has 0 fully saturated rings. The fraction of sp³-hybridized carbons (Fsp3) is 0.842. The Morgan fingerprint density at radius 2 is 1.43 bits per heavy atom. The first-order valence-corrected chi connectivity index (χ1v) is 15.4. The van der Waals surface area contributed by atoms with Crippen LogP contribution in [0, 0.1) is 0 Å². The number of rotatable bonds is 9. The van der Waals surface area contributed by atoms with Crippen molar-refractivity contribution in [3.05, 3.63) is 5.53 Å². The van der Waals surface area contributed by atoms with Crippen LogP contribution in [0.2, 0.25) is 36.3 Å². The average molecular weight is 431 g/mol. The molecular formula is C19H38N2O5Si2. The van der Waals surface area contributed by atoms with Crippen LogP contribution in [0.15, 0.2) is 0 Å². The zero-order valence-corrected chi connectivity index (χ0v) is 21.4. The van der Waals surface area contributed by atoms with Crippen LogP contribution in [-0.4, -0.2) is 58.7 Å². The molecule has 0 aliphatic rings. The lowest BCUT2D eigenvalue weighted by Gasteiger charge is -2.41. The molecule has 0 amide bonds. The number of nitrogens with zero attached hydrogens (tertiary/aromatic N) is 2. The van der Waals surface area contributed by atoms with E-state index in [0.29, 0.717) is 0 Å². The lowest BCUT2D eigenvalue weighted by molar-refractivity contribution is -0.140. The van der Waals surface area contributed by atoms with Crippen LogP contribution >= 0.6 is 0 Å². The minimum Gasteiger partial charge on any atom is -0.460 e. The Labute approximate surface area is 172 Å². The van der Waals surface area contributed by atoms with Crippen molar-refractivity contribution in [2.45, 2.75) is 90.3 Å². The van der Waals surface area contributed by atoms with Crippen molar-refractivity contribution in [1.29, 1.82) is 0 Å². The molecule has 0 saturated heterocycles. The van der Waals surface area contributed by atoms with Gasteiger partial charge < -0.3 is 19.1 Å². The van der Waals surface area contributed by atoms with Crippen LogP contribution in [0.4, 0.5) is 0 Å². The van der Waals surface area contributed by atoms with Crippen LogP contribution in [0.1, 0.15) is 48.0 Å². The van der Waals surface area contributed by atoms with Gasteiger partial charge in [0.15, 0.2) is 16.6 Å². The third-order valence-corrected chi connectivity index (χ3v) is 14.9. The Morgan fingerprint density at radius 3 is 1.79 bits per heavy atom. The molecular weight excluding hydrogens is 392 g/mol. The fourth-order valence-electron chi connectivity index (χ4n) is 1.86. The van der Waals surface area contributed by atoms with Gasteiger partial charge in [-0.25, -0.2) is 4.79 Å². The highest BCUT2D eigenvalue weighted by atomic mass is 28.4. The van der Waals surface area contributed by atoms with Gasteiger partial charge in [0.1, 0.15) is 0 Å². The van der Waals surface area contributed by atoms with E-state index < -0.39 is 40.2 Å². The Morgan fingerprint density at radius 1 is 0.964 bits per heavy atom. The van der Waals surface area contributed by atoms with E-state index in [-0.39, 0.29) is 23.1 Å². The molecule has 1 atom stereocenters. The molecule has 0 aliphatic heterocycles. The second-order valence-electron chi connectivity index (χ2n) is 10.1. The Balaban J connectivity index is 5.60. The maximum Gasteiger partial charge on any atom is 0.441 e.